The van der Waals surface area contributed by atoms with E-state index >= 15 is 0 Å². The van der Waals surface area contributed by atoms with Crippen molar-refractivity contribution in [2.24, 2.45) is 23.7 Å². The van der Waals surface area contributed by atoms with E-state index in [1.54, 1.807) is 12.1 Å². The lowest BCUT2D eigenvalue weighted by molar-refractivity contribution is -0.196. The summed E-state index contributed by atoms with van der Waals surface area (Å²) in [6.07, 6.45) is 4.96. The first-order chi connectivity index (χ1) is 10.5. The number of amides is 1. The number of carbonyl (C=O) groups excluding carboxylic acids is 2. The number of aliphatic hydroxyl groups is 1. The van der Waals surface area contributed by atoms with Crippen LogP contribution in [-0.2, 0) is 9.53 Å². The van der Waals surface area contributed by atoms with Gasteiger partial charge in [0.05, 0.1) is 23.1 Å². The van der Waals surface area contributed by atoms with Gasteiger partial charge in [0.15, 0.2) is 0 Å². The molecule has 1 N–H and O–H groups in total. The third kappa shape index (κ3) is 1.21. The summed E-state index contributed by atoms with van der Waals surface area (Å²) >= 11 is 0. The van der Waals surface area contributed by atoms with Gasteiger partial charge in [-0.1, -0.05) is 23.8 Å². The normalized spacial score (nSPS) is 40.5. The average molecular weight is 297 g/mol. The summed E-state index contributed by atoms with van der Waals surface area (Å²) in [4.78, 5) is 26.6. The van der Waals surface area contributed by atoms with Crippen LogP contribution in [-0.4, -0.2) is 22.9 Å². The van der Waals surface area contributed by atoms with Gasteiger partial charge >= 0.3 is 11.9 Å². The standard InChI is InChI=1S/C17H15NO4/c1-8-2-5-12-11(6-8)16(20)22-17(21)14-10-4-3-9(7-10)13(14)15(19)18(12)17/h2-6,9-10,13-14,21H,7H2,1H3/t9-,10-,13+,14-,17-/m0/s1. The van der Waals surface area contributed by atoms with Crippen LogP contribution in [0.15, 0.2) is 30.4 Å². The minimum Gasteiger partial charge on any atom is -0.409 e. The summed E-state index contributed by atoms with van der Waals surface area (Å²) in [6.45, 7) is 1.87. The fraction of sp³-hybridized carbons (Fsp3) is 0.412. The zero-order valence-corrected chi connectivity index (χ0v) is 12.0. The summed E-state index contributed by atoms with van der Waals surface area (Å²) < 4.78 is 5.40. The summed E-state index contributed by atoms with van der Waals surface area (Å²) in [7, 11) is 0. The van der Waals surface area contributed by atoms with E-state index in [-0.39, 0.29) is 29.6 Å². The molecule has 1 saturated heterocycles. The fourth-order valence-electron chi connectivity index (χ4n) is 4.73. The molecule has 1 amide bonds. The van der Waals surface area contributed by atoms with E-state index in [9.17, 15) is 14.7 Å². The molecule has 0 unspecified atom stereocenters. The topological polar surface area (TPSA) is 66.8 Å². The molecule has 112 valence electrons. The molecule has 2 fully saturated rings. The second-order valence-electron chi connectivity index (χ2n) is 6.74. The second kappa shape index (κ2) is 3.60. The first kappa shape index (κ1) is 12.4. The second-order valence-corrected chi connectivity index (χ2v) is 6.74. The van der Waals surface area contributed by atoms with Crippen LogP contribution in [0.2, 0.25) is 0 Å². The Morgan fingerprint density at radius 2 is 2.05 bits per heavy atom. The number of nitrogens with zero attached hydrogens (tertiary/aromatic N) is 1. The maximum atomic E-state index is 12.9. The number of rotatable bonds is 0. The Balaban J connectivity index is 1.73. The monoisotopic (exact) mass is 297 g/mol. The lowest BCUT2D eigenvalue weighted by Crippen LogP contribution is -2.57. The van der Waals surface area contributed by atoms with Crippen molar-refractivity contribution in [3.8, 4) is 0 Å². The zero-order chi connectivity index (χ0) is 15.2. The van der Waals surface area contributed by atoms with Crippen molar-refractivity contribution in [1.29, 1.82) is 0 Å². The van der Waals surface area contributed by atoms with Crippen LogP contribution in [0.4, 0.5) is 5.69 Å². The number of benzene rings is 1. The highest BCUT2D eigenvalue weighted by Crippen LogP contribution is 2.60. The summed E-state index contributed by atoms with van der Waals surface area (Å²) in [5.41, 5.74) is 1.72. The number of aryl methyl sites for hydroxylation is 1. The number of ether oxygens (including phenoxy) is 1. The van der Waals surface area contributed by atoms with Gasteiger partial charge in [-0.2, -0.15) is 0 Å². The maximum absolute atomic E-state index is 12.9. The highest BCUT2D eigenvalue weighted by atomic mass is 16.7. The van der Waals surface area contributed by atoms with Gasteiger partial charge in [0, 0.05) is 0 Å². The summed E-state index contributed by atoms with van der Waals surface area (Å²) in [6, 6.07) is 5.27. The molecule has 0 spiro atoms. The lowest BCUT2D eigenvalue weighted by Gasteiger charge is -2.41. The quantitative estimate of drug-likeness (QED) is 0.583. The maximum Gasteiger partial charge on any atom is 0.344 e. The highest BCUT2D eigenvalue weighted by Gasteiger charge is 2.70. The Hall–Kier alpha value is -2.14. The molecule has 1 aromatic rings. The molecular weight excluding hydrogens is 282 g/mol. The van der Waals surface area contributed by atoms with E-state index in [1.165, 1.54) is 4.90 Å². The van der Waals surface area contributed by atoms with Gasteiger partial charge in [-0.05, 0) is 37.3 Å². The lowest BCUT2D eigenvalue weighted by atomic mass is 9.83. The largest absolute Gasteiger partial charge is 0.409 e. The molecule has 1 saturated carbocycles. The van der Waals surface area contributed by atoms with E-state index in [0.29, 0.717) is 11.3 Å². The molecule has 5 atom stereocenters. The summed E-state index contributed by atoms with van der Waals surface area (Å²) in [5, 5.41) is 11.1. The number of carbonyl (C=O) groups is 2. The Morgan fingerprint density at radius 1 is 1.27 bits per heavy atom. The number of anilines is 1. The van der Waals surface area contributed by atoms with E-state index < -0.39 is 11.9 Å². The molecule has 5 rings (SSSR count). The number of allylic oxidation sites excluding steroid dienone is 2. The van der Waals surface area contributed by atoms with Crippen LogP contribution in [0, 0.1) is 30.6 Å². The molecular formula is C17H15NO4. The van der Waals surface area contributed by atoms with E-state index in [4.69, 9.17) is 4.74 Å². The van der Waals surface area contributed by atoms with Gasteiger partial charge in [-0.3, -0.25) is 4.79 Å². The molecule has 22 heavy (non-hydrogen) atoms. The van der Waals surface area contributed by atoms with E-state index in [2.05, 4.69) is 6.08 Å². The van der Waals surface area contributed by atoms with Crippen LogP contribution in [0.1, 0.15) is 22.3 Å². The van der Waals surface area contributed by atoms with Gasteiger partial charge in [0.25, 0.3) is 0 Å². The van der Waals surface area contributed by atoms with E-state index in [0.717, 1.165) is 12.0 Å². The first-order valence-electron chi connectivity index (χ1n) is 7.59. The molecule has 2 bridgehead atoms. The van der Waals surface area contributed by atoms with Gasteiger partial charge in [-0.25, -0.2) is 9.69 Å². The van der Waals surface area contributed by atoms with Crippen LogP contribution < -0.4 is 4.90 Å². The van der Waals surface area contributed by atoms with Crippen LogP contribution in [0.3, 0.4) is 0 Å². The minimum absolute atomic E-state index is 0.0914. The van der Waals surface area contributed by atoms with Gasteiger partial charge < -0.3 is 9.84 Å². The van der Waals surface area contributed by atoms with Crippen molar-refractivity contribution in [3.05, 3.63) is 41.5 Å². The van der Waals surface area contributed by atoms with Crippen molar-refractivity contribution >= 4 is 17.6 Å². The van der Waals surface area contributed by atoms with Crippen LogP contribution in [0.5, 0.6) is 0 Å². The Bertz CT molecular complexity index is 770. The van der Waals surface area contributed by atoms with Crippen molar-refractivity contribution < 1.29 is 19.4 Å². The van der Waals surface area contributed by atoms with Gasteiger partial charge in [-0.15, -0.1) is 0 Å². The molecule has 2 aliphatic carbocycles. The number of hydrogen-bond donors (Lipinski definition) is 1. The summed E-state index contributed by atoms with van der Waals surface area (Å²) in [5.74, 6) is -2.96. The number of fused-ring (bicyclic) bond motifs is 9. The van der Waals surface area contributed by atoms with Crippen molar-refractivity contribution in [1.82, 2.24) is 0 Å². The SMILES string of the molecule is Cc1ccc2c(c1)C(=O)O[C@@]1(O)[C@@H]3[C@H](C(=O)N21)[C@H]1C=C[C@H]3C1. The minimum atomic E-state index is -1.84. The third-order valence-electron chi connectivity index (χ3n) is 5.58. The van der Waals surface area contributed by atoms with Crippen molar-refractivity contribution in [2.45, 2.75) is 19.3 Å². The molecule has 1 aromatic carbocycles. The average Bonchev–Trinajstić information content (AvgIpc) is 3.13. The molecule has 0 radical (unpaired) electrons. The molecule has 0 aromatic heterocycles. The number of esters is 1. The zero-order valence-electron chi connectivity index (χ0n) is 12.0. The molecule has 2 heterocycles. The molecule has 5 nitrogen and oxygen atoms in total. The smallest absolute Gasteiger partial charge is 0.344 e. The Morgan fingerprint density at radius 3 is 2.86 bits per heavy atom. The number of hydrogen-bond acceptors (Lipinski definition) is 4. The predicted molar refractivity (Wildman–Crippen MR) is 76.7 cm³/mol. The fourth-order valence-corrected chi connectivity index (χ4v) is 4.73. The van der Waals surface area contributed by atoms with E-state index in [1.807, 2.05) is 19.1 Å². The van der Waals surface area contributed by atoms with Crippen LogP contribution >= 0.6 is 0 Å². The first-order valence-corrected chi connectivity index (χ1v) is 7.59. The molecule has 5 heteroatoms. The van der Waals surface area contributed by atoms with Crippen molar-refractivity contribution in [2.75, 3.05) is 4.90 Å². The molecule has 2 aliphatic heterocycles. The Labute approximate surface area is 127 Å². The predicted octanol–water partition coefficient (Wildman–Crippen LogP) is 1.60. The van der Waals surface area contributed by atoms with Crippen molar-refractivity contribution in [3.63, 3.8) is 0 Å². The Kier molecular flexibility index (Phi) is 2.03. The highest BCUT2D eigenvalue weighted by molar-refractivity contribution is 6.08. The third-order valence-corrected chi connectivity index (χ3v) is 5.58. The van der Waals surface area contributed by atoms with Gasteiger partial charge in [0.2, 0.25) is 5.91 Å². The van der Waals surface area contributed by atoms with Crippen LogP contribution in [0.25, 0.3) is 0 Å². The molecule has 4 aliphatic rings. The van der Waals surface area contributed by atoms with Gasteiger partial charge in [0.1, 0.15) is 0 Å².